The first-order chi connectivity index (χ1) is 18.2. The van der Waals surface area contributed by atoms with Crippen LogP contribution in [0.15, 0.2) is 49.1 Å². The molecule has 0 spiro atoms. The number of halogens is 1. The second-order valence-electron chi connectivity index (χ2n) is 10.2. The first kappa shape index (κ1) is 25.1. The third-order valence-electron chi connectivity index (χ3n) is 6.31. The van der Waals surface area contributed by atoms with Crippen molar-refractivity contribution in [1.29, 1.82) is 5.26 Å². The molecule has 1 aliphatic rings. The Morgan fingerprint density at radius 2 is 1.97 bits per heavy atom. The predicted octanol–water partition coefficient (Wildman–Crippen LogP) is 4.33. The summed E-state index contributed by atoms with van der Waals surface area (Å²) < 4.78 is 22.4. The molecule has 4 heterocycles. The van der Waals surface area contributed by atoms with Crippen LogP contribution in [-0.2, 0) is 4.74 Å². The van der Waals surface area contributed by atoms with Crippen molar-refractivity contribution in [3.8, 4) is 22.9 Å². The first-order valence-corrected chi connectivity index (χ1v) is 12.2. The Morgan fingerprint density at radius 3 is 2.68 bits per heavy atom. The van der Waals surface area contributed by atoms with Gasteiger partial charge in [-0.1, -0.05) is 18.2 Å². The molecule has 11 heteroatoms. The minimum Gasteiger partial charge on any atom is -0.444 e. The molecule has 1 aromatic carbocycles. The maximum Gasteiger partial charge on any atom is 0.410 e. The summed E-state index contributed by atoms with van der Waals surface area (Å²) in [5.74, 6) is 0.251. The highest BCUT2D eigenvalue weighted by Gasteiger charge is 2.32. The van der Waals surface area contributed by atoms with E-state index in [4.69, 9.17) is 4.74 Å². The van der Waals surface area contributed by atoms with Crippen LogP contribution in [0, 0.1) is 17.1 Å². The topological polar surface area (TPSA) is 113 Å². The van der Waals surface area contributed by atoms with Crippen molar-refractivity contribution in [1.82, 2.24) is 29.6 Å². The molecule has 0 bridgehead atoms. The van der Waals surface area contributed by atoms with Crippen LogP contribution in [0.2, 0.25) is 0 Å². The van der Waals surface area contributed by atoms with Gasteiger partial charge in [-0.25, -0.2) is 19.2 Å². The molecule has 4 aromatic rings. The number of anilines is 1. The monoisotopic (exact) mass is 514 g/mol. The number of fused-ring (bicyclic) bond motifs is 1. The van der Waals surface area contributed by atoms with Crippen LogP contribution in [0.5, 0.6) is 0 Å². The van der Waals surface area contributed by atoms with Crippen LogP contribution in [0.25, 0.3) is 27.8 Å². The predicted molar refractivity (Wildman–Crippen MR) is 139 cm³/mol. The third-order valence-corrected chi connectivity index (χ3v) is 6.31. The van der Waals surface area contributed by atoms with Gasteiger partial charge in [0.05, 0.1) is 17.3 Å². The van der Waals surface area contributed by atoms with Crippen molar-refractivity contribution < 1.29 is 13.9 Å². The highest BCUT2D eigenvalue weighted by molar-refractivity contribution is 6.02. The lowest BCUT2D eigenvalue weighted by molar-refractivity contribution is 0.0218. The second-order valence-corrected chi connectivity index (χ2v) is 10.2. The van der Waals surface area contributed by atoms with E-state index >= 15 is 4.39 Å². The van der Waals surface area contributed by atoms with Gasteiger partial charge in [-0.2, -0.15) is 10.4 Å². The van der Waals surface area contributed by atoms with Gasteiger partial charge < -0.3 is 14.5 Å². The standard InChI is InChI=1S/C27H27FN8O2/c1-17-14-34(26(37)38-27(2,3)4)9-10-35(17)24-23-21(20-7-5-6-8-22(20)28)15-36(25(23)31-16-30-24)19-11-18(12-29)33-32-13-19/h5-8,11,13,15-17H,9-10,14H2,1-4H3/t17-/m0/s1. The molecule has 5 rings (SSSR count). The molecule has 1 fully saturated rings. The zero-order chi connectivity index (χ0) is 27.0. The Balaban J connectivity index is 1.62. The maximum absolute atomic E-state index is 15.1. The van der Waals surface area contributed by atoms with Crippen molar-refractivity contribution in [3.63, 3.8) is 0 Å². The Morgan fingerprint density at radius 1 is 1.18 bits per heavy atom. The van der Waals surface area contributed by atoms with E-state index in [-0.39, 0.29) is 23.6 Å². The smallest absolute Gasteiger partial charge is 0.410 e. The number of carbonyl (C=O) groups excluding carboxylic acids is 1. The van der Waals surface area contributed by atoms with Gasteiger partial charge >= 0.3 is 6.09 Å². The minimum atomic E-state index is -0.582. The average molecular weight is 515 g/mol. The molecule has 0 saturated carbocycles. The third kappa shape index (κ3) is 4.72. The minimum absolute atomic E-state index is 0.0982. The summed E-state index contributed by atoms with van der Waals surface area (Å²) in [5, 5.41) is 17.7. The Bertz CT molecular complexity index is 1550. The first-order valence-electron chi connectivity index (χ1n) is 12.2. The Labute approximate surface area is 219 Å². The molecular weight excluding hydrogens is 487 g/mol. The zero-order valence-electron chi connectivity index (χ0n) is 21.6. The van der Waals surface area contributed by atoms with E-state index in [0.717, 1.165) is 0 Å². The Hall–Kier alpha value is -4.59. The number of amides is 1. The summed E-state index contributed by atoms with van der Waals surface area (Å²) in [5.41, 5.74) is 1.67. The summed E-state index contributed by atoms with van der Waals surface area (Å²) in [6.45, 7) is 8.93. The van der Waals surface area contributed by atoms with E-state index in [1.54, 1.807) is 39.9 Å². The number of carbonyl (C=O) groups is 1. The molecule has 0 N–H and O–H groups in total. The molecule has 1 amide bonds. The number of nitrogens with zero attached hydrogens (tertiary/aromatic N) is 8. The SMILES string of the molecule is C[C@H]1CN(C(=O)OC(C)(C)C)CCN1c1ncnc2c1c(-c1ccccc1F)cn2-c1cnnc(C#N)c1. The summed E-state index contributed by atoms with van der Waals surface area (Å²) in [7, 11) is 0. The summed E-state index contributed by atoms with van der Waals surface area (Å²) in [6.07, 6.45) is 4.41. The van der Waals surface area contributed by atoms with Crippen LogP contribution in [0.3, 0.4) is 0 Å². The van der Waals surface area contributed by atoms with E-state index in [1.807, 2.05) is 33.8 Å². The van der Waals surface area contributed by atoms with Gasteiger partial charge in [0.2, 0.25) is 0 Å². The van der Waals surface area contributed by atoms with Gasteiger partial charge in [0.1, 0.15) is 29.6 Å². The molecule has 0 aliphatic carbocycles. The number of benzene rings is 1. The van der Waals surface area contributed by atoms with E-state index in [9.17, 15) is 10.1 Å². The lowest BCUT2D eigenvalue weighted by atomic mass is 10.0. The van der Waals surface area contributed by atoms with E-state index in [1.165, 1.54) is 18.6 Å². The number of ether oxygens (including phenoxy) is 1. The van der Waals surface area contributed by atoms with Gasteiger partial charge in [0, 0.05) is 49.1 Å². The highest BCUT2D eigenvalue weighted by Crippen LogP contribution is 2.38. The molecule has 0 radical (unpaired) electrons. The van der Waals surface area contributed by atoms with Crippen LogP contribution in [-0.4, -0.2) is 67.0 Å². The molecule has 10 nitrogen and oxygen atoms in total. The van der Waals surface area contributed by atoms with Crippen LogP contribution in [0.1, 0.15) is 33.4 Å². The summed E-state index contributed by atoms with van der Waals surface area (Å²) in [6, 6.07) is 10.0. The lowest BCUT2D eigenvalue weighted by Crippen LogP contribution is -2.54. The molecule has 1 aliphatic heterocycles. The van der Waals surface area contributed by atoms with E-state index in [0.29, 0.717) is 53.3 Å². The average Bonchev–Trinajstić information content (AvgIpc) is 3.28. The van der Waals surface area contributed by atoms with Crippen LogP contribution >= 0.6 is 0 Å². The van der Waals surface area contributed by atoms with Crippen molar-refractivity contribution in [2.24, 2.45) is 0 Å². The number of hydrogen-bond donors (Lipinski definition) is 0. The Kier molecular flexibility index (Phi) is 6.40. The molecule has 1 saturated heterocycles. The quantitative estimate of drug-likeness (QED) is 0.397. The largest absolute Gasteiger partial charge is 0.444 e. The number of rotatable bonds is 3. The fourth-order valence-corrected chi connectivity index (χ4v) is 4.65. The van der Waals surface area contributed by atoms with Gasteiger partial charge in [0.15, 0.2) is 11.3 Å². The molecule has 0 unspecified atom stereocenters. The van der Waals surface area contributed by atoms with Crippen molar-refractivity contribution >= 4 is 22.9 Å². The maximum atomic E-state index is 15.1. The number of hydrogen-bond acceptors (Lipinski definition) is 8. The molecule has 194 valence electrons. The van der Waals surface area contributed by atoms with Crippen molar-refractivity contribution in [2.45, 2.75) is 39.3 Å². The van der Waals surface area contributed by atoms with Crippen LogP contribution in [0.4, 0.5) is 15.0 Å². The number of aromatic nitrogens is 5. The molecule has 1 atom stereocenters. The van der Waals surface area contributed by atoms with Gasteiger partial charge in [-0.05, 0) is 33.8 Å². The molecular formula is C27H27FN8O2. The van der Waals surface area contributed by atoms with Crippen molar-refractivity contribution in [3.05, 3.63) is 60.6 Å². The number of nitriles is 1. The normalized spacial score (nSPS) is 15.9. The fourth-order valence-electron chi connectivity index (χ4n) is 4.65. The highest BCUT2D eigenvalue weighted by atomic mass is 19.1. The van der Waals surface area contributed by atoms with E-state index < -0.39 is 5.60 Å². The lowest BCUT2D eigenvalue weighted by Gasteiger charge is -2.41. The number of piperazine rings is 1. The fraction of sp³-hybridized carbons (Fsp3) is 0.333. The zero-order valence-corrected chi connectivity index (χ0v) is 21.6. The summed E-state index contributed by atoms with van der Waals surface area (Å²) in [4.78, 5) is 25.7. The van der Waals surface area contributed by atoms with Gasteiger partial charge in [-0.3, -0.25) is 4.57 Å². The van der Waals surface area contributed by atoms with Crippen molar-refractivity contribution in [2.75, 3.05) is 24.5 Å². The second kappa shape index (κ2) is 9.70. The van der Waals surface area contributed by atoms with Gasteiger partial charge in [0.25, 0.3) is 0 Å². The van der Waals surface area contributed by atoms with E-state index in [2.05, 4.69) is 25.1 Å². The van der Waals surface area contributed by atoms with Gasteiger partial charge in [-0.15, -0.1) is 5.10 Å². The molecule has 3 aromatic heterocycles. The summed E-state index contributed by atoms with van der Waals surface area (Å²) >= 11 is 0. The molecule has 38 heavy (non-hydrogen) atoms. The van der Waals surface area contributed by atoms with Crippen LogP contribution < -0.4 is 4.90 Å².